The summed E-state index contributed by atoms with van der Waals surface area (Å²) < 4.78 is 0. The lowest BCUT2D eigenvalue weighted by Crippen LogP contribution is -1.97. The summed E-state index contributed by atoms with van der Waals surface area (Å²) in [5.74, 6) is 0.679. The van der Waals surface area contributed by atoms with Gasteiger partial charge in [0.25, 0.3) is 0 Å². The van der Waals surface area contributed by atoms with Gasteiger partial charge in [0.15, 0.2) is 5.82 Å². The van der Waals surface area contributed by atoms with E-state index in [1.54, 1.807) is 0 Å². The van der Waals surface area contributed by atoms with Crippen LogP contribution in [0.3, 0.4) is 0 Å². The monoisotopic (exact) mass is 562 g/mol. The van der Waals surface area contributed by atoms with E-state index in [2.05, 4.69) is 107 Å². The van der Waals surface area contributed by atoms with E-state index in [1.807, 2.05) is 60.9 Å². The molecule has 3 aromatic heterocycles. The van der Waals surface area contributed by atoms with Gasteiger partial charge in [0.1, 0.15) is 0 Å². The summed E-state index contributed by atoms with van der Waals surface area (Å²) in [5, 5.41) is 2.20. The summed E-state index contributed by atoms with van der Waals surface area (Å²) in [6.45, 7) is 0. The molecule has 8 rings (SSSR count). The molecular formula is C40H26N4. The van der Waals surface area contributed by atoms with Gasteiger partial charge < -0.3 is 0 Å². The molecule has 0 amide bonds. The van der Waals surface area contributed by atoms with Gasteiger partial charge >= 0.3 is 0 Å². The third-order valence-corrected chi connectivity index (χ3v) is 7.93. The Kier molecular flexibility index (Phi) is 6.43. The van der Waals surface area contributed by atoms with Gasteiger partial charge in [0, 0.05) is 39.9 Å². The van der Waals surface area contributed by atoms with E-state index >= 15 is 0 Å². The minimum atomic E-state index is 0.679. The van der Waals surface area contributed by atoms with Crippen molar-refractivity contribution in [3.05, 3.63) is 158 Å². The van der Waals surface area contributed by atoms with Gasteiger partial charge in [-0.15, -0.1) is 0 Å². The van der Waals surface area contributed by atoms with Crippen molar-refractivity contribution >= 4 is 21.8 Å². The maximum atomic E-state index is 5.14. The molecule has 44 heavy (non-hydrogen) atoms. The smallest absolute Gasteiger partial charge is 0.160 e. The molecule has 0 saturated heterocycles. The van der Waals surface area contributed by atoms with E-state index < -0.39 is 0 Å². The third kappa shape index (κ3) is 4.99. The zero-order chi connectivity index (χ0) is 29.3. The maximum Gasteiger partial charge on any atom is 0.160 e. The summed E-state index contributed by atoms with van der Waals surface area (Å²) in [5.41, 5.74) is 11.2. The fourth-order valence-electron chi connectivity index (χ4n) is 5.69. The highest BCUT2D eigenvalue weighted by atomic mass is 14.9. The first kappa shape index (κ1) is 25.7. The molecule has 0 spiro atoms. The number of rotatable bonds is 5. The molecule has 0 atom stereocenters. The molecule has 4 nitrogen and oxygen atoms in total. The van der Waals surface area contributed by atoms with Crippen LogP contribution in [0.1, 0.15) is 0 Å². The van der Waals surface area contributed by atoms with Crippen molar-refractivity contribution in [3.63, 3.8) is 0 Å². The summed E-state index contributed by atoms with van der Waals surface area (Å²) in [7, 11) is 0. The molecular weight excluding hydrogens is 536 g/mol. The molecule has 0 saturated carbocycles. The van der Waals surface area contributed by atoms with Crippen molar-refractivity contribution in [2.45, 2.75) is 0 Å². The van der Waals surface area contributed by atoms with E-state index in [1.165, 1.54) is 0 Å². The number of hydrogen-bond acceptors (Lipinski definition) is 4. The number of aromatic nitrogens is 4. The summed E-state index contributed by atoms with van der Waals surface area (Å²) >= 11 is 0. The van der Waals surface area contributed by atoms with Gasteiger partial charge in [0.05, 0.1) is 22.4 Å². The third-order valence-electron chi connectivity index (χ3n) is 7.93. The molecule has 3 heterocycles. The number of hydrogen-bond donors (Lipinski definition) is 0. The van der Waals surface area contributed by atoms with E-state index in [0.717, 1.165) is 72.1 Å². The van der Waals surface area contributed by atoms with Crippen LogP contribution in [0.15, 0.2) is 158 Å². The van der Waals surface area contributed by atoms with Crippen molar-refractivity contribution in [1.29, 1.82) is 0 Å². The zero-order valence-electron chi connectivity index (χ0n) is 23.8. The highest BCUT2D eigenvalue weighted by molar-refractivity contribution is 5.89. The molecule has 0 aliphatic rings. The van der Waals surface area contributed by atoms with Gasteiger partial charge in [0.2, 0.25) is 0 Å². The lowest BCUT2D eigenvalue weighted by atomic mass is 9.94. The van der Waals surface area contributed by atoms with Gasteiger partial charge in [-0.25, -0.2) is 9.97 Å². The average Bonchev–Trinajstić information content (AvgIpc) is 3.11. The summed E-state index contributed by atoms with van der Waals surface area (Å²) in [6, 6.07) is 50.3. The molecule has 0 N–H and O–H groups in total. The lowest BCUT2D eigenvalue weighted by molar-refractivity contribution is 1.18. The minimum Gasteiger partial charge on any atom is -0.256 e. The second kappa shape index (κ2) is 11.0. The lowest BCUT2D eigenvalue weighted by Gasteiger charge is -2.13. The molecule has 0 radical (unpaired) electrons. The van der Waals surface area contributed by atoms with Crippen molar-refractivity contribution in [2.75, 3.05) is 0 Å². The van der Waals surface area contributed by atoms with Crippen molar-refractivity contribution in [2.24, 2.45) is 0 Å². The molecule has 206 valence electrons. The number of nitrogens with zero attached hydrogens (tertiary/aromatic N) is 4. The Morgan fingerprint density at radius 3 is 1.30 bits per heavy atom. The van der Waals surface area contributed by atoms with Crippen molar-refractivity contribution in [1.82, 2.24) is 19.9 Å². The highest BCUT2D eigenvalue weighted by Gasteiger charge is 2.14. The normalized spacial score (nSPS) is 11.2. The first-order chi connectivity index (χ1) is 21.8. The topological polar surface area (TPSA) is 51.6 Å². The van der Waals surface area contributed by atoms with Gasteiger partial charge in [-0.3, -0.25) is 9.97 Å². The molecule has 0 aliphatic heterocycles. The fraction of sp³-hybridized carbons (Fsp3) is 0. The highest BCUT2D eigenvalue weighted by Crippen LogP contribution is 2.35. The SMILES string of the molecule is c1ccc(-c2cc(-c3ccccc3)nc(-c3cc(-c4ccc5ncccc5c4)cc(-c4ccc5ncccc5c4)c3)n2)cc1. The predicted octanol–water partition coefficient (Wildman–Crippen LogP) is 9.91. The predicted molar refractivity (Wildman–Crippen MR) is 180 cm³/mol. The fourth-order valence-corrected chi connectivity index (χ4v) is 5.69. The Labute approximate surface area is 255 Å². The maximum absolute atomic E-state index is 5.14. The molecule has 0 bridgehead atoms. The number of fused-ring (bicyclic) bond motifs is 2. The first-order valence-electron chi connectivity index (χ1n) is 14.6. The van der Waals surface area contributed by atoms with Crippen molar-refractivity contribution < 1.29 is 0 Å². The second-order valence-electron chi connectivity index (χ2n) is 10.8. The molecule has 0 aliphatic carbocycles. The molecule has 0 fully saturated rings. The first-order valence-corrected chi connectivity index (χ1v) is 14.6. The number of benzene rings is 5. The second-order valence-corrected chi connectivity index (χ2v) is 10.8. The van der Waals surface area contributed by atoms with Crippen LogP contribution < -0.4 is 0 Å². The van der Waals surface area contributed by atoms with Crippen LogP contribution in [0, 0.1) is 0 Å². The van der Waals surface area contributed by atoms with Gasteiger partial charge in [-0.1, -0.05) is 84.9 Å². The van der Waals surface area contributed by atoms with Crippen LogP contribution in [-0.4, -0.2) is 19.9 Å². The molecule has 0 unspecified atom stereocenters. The van der Waals surface area contributed by atoms with Crippen LogP contribution in [0.2, 0.25) is 0 Å². The van der Waals surface area contributed by atoms with Crippen LogP contribution >= 0.6 is 0 Å². The van der Waals surface area contributed by atoms with E-state index in [-0.39, 0.29) is 0 Å². The van der Waals surface area contributed by atoms with Crippen LogP contribution in [0.5, 0.6) is 0 Å². The molecule has 4 heteroatoms. The summed E-state index contributed by atoms with van der Waals surface area (Å²) in [6.07, 6.45) is 3.66. The Hall–Kier alpha value is -6.00. The van der Waals surface area contributed by atoms with Crippen LogP contribution in [-0.2, 0) is 0 Å². The van der Waals surface area contributed by atoms with E-state index in [0.29, 0.717) is 5.82 Å². The molecule has 8 aromatic rings. The summed E-state index contributed by atoms with van der Waals surface area (Å²) in [4.78, 5) is 19.3. The van der Waals surface area contributed by atoms with E-state index in [9.17, 15) is 0 Å². The molecule has 5 aromatic carbocycles. The quantitative estimate of drug-likeness (QED) is 0.209. The van der Waals surface area contributed by atoms with Gasteiger partial charge in [-0.05, 0) is 82.9 Å². The Balaban J connectivity index is 1.36. The average molecular weight is 563 g/mol. The van der Waals surface area contributed by atoms with E-state index in [4.69, 9.17) is 9.97 Å². The number of pyridine rings is 2. The van der Waals surface area contributed by atoms with Crippen molar-refractivity contribution in [3.8, 4) is 56.2 Å². The zero-order valence-corrected chi connectivity index (χ0v) is 23.8. The Morgan fingerprint density at radius 1 is 0.318 bits per heavy atom. The Bertz CT molecular complexity index is 2120. The Morgan fingerprint density at radius 2 is 0.795 bits per heavy atom. The largest absolute Gasteiger partial charge is 0.256 e. The standard InChI is InChI=1S/C40H26N4/c1-3-9-27(10-4-1)38-26-39(28-11-5-2-6-12-28)44-40(43-38)35-24-33(29-15-17-36-31(21-29)13-7-19-41-36)23-34(25-35)30-16-18-37-32(22-30)14-8-20-42-37/h1-26H. The van der Waals surface area contributed by atoms with Gasteiger partial charge in [-0.2, -0.15) is 0 Å². The van der Waals surface area contributed by atoms with Crippen LogP contribution in [0.25, 0.3) is 78.0 Å². The van der Waals surface area contributed by atoms with Crippen LogP contribution in [0.4, 0.5) is 0 Å². The minimum absolute atomic E-state index is 0.679.